The van der Waals surface area contributed by atoms with Crippen molar-refractivity contribution in [3.63, 3.8) is 0 Å². The number of hydrogen-bond acceptors (Lipinski definition) is 4. The van der Waals surface area contributed by atoms with E-state index in [0.29, 0.717) is 25.3 Å². The molecule has 0 unspecified atom stereocenters. The Bertz CT molecular complexity index is 644. The maximum atomic E-state index is 12.3. The first kappa shape index (κ1) is 25.3. The molecule has 0 spiro atoms. The molecule has 1 rings (SSSR count). The molecule has 2 amide bonds. The van der Waals surface area contributed by atoms with Crippen LogP contribution in [0.25, 0.3) is 0 Å². The minimum atomic E-state index is -0.498. The zero-order valence-electron chi connectivity index (χ0n) is 18.1. The van der Waals surface area contributed by atoms with Gasteiger partial charge in [-0.05, 0) is 74.2 Å². The highest BCUT2D eigenvalue weighted by atomic mass is 79.9. The normalized spacial score (nSPS) is 11.1. The van der Waals surface area contributed by atoms with E-state index < -0.39 is 11.7 Å². The molecular weight excluding hydrogens is 436 g/mol. The van der Waals surface area contributed by atoms with Crippen LogP contribution in [0.3, 0.4) is 0 Å². The van der Waals surface area contributed by atoms with Gasteiger partial charge in [-0.25, -0.2) is 4.79 Å². The summed E-state index contributed by atoms with van der Waals surface area (Å²) in [4.78, 5) is 23.8. The van der Waals surface area contributed by atoms with Gasteiger partial charge in [0, 0.05) is 18.7 Å². The van der Waals surface area contributed by atoms with Gasteiger partial charge in [-0.3, -0.25) is 4.79 Å². The van der Waals surface area contributed by atoms with Crippen LogP contribution in [0.5, 0.6) is 5.75 Å². The van der Waals surface area contributed by atoms with E-state index in [0.717, 1.165) is 29.5 Å². The van der Waals surface area contributed by atoms with Crippen molar-refractivity contribution in [3.05, 3.63) is 28.2 Å². The Hall–Kier alpha value is -1.76. The third kappa shape index (κ3) is 11.7. The molecule has 29 heavy (non-hydrogen) atoms. The molecule has 0 aliphatic heterocycles. The van der Waals surface area contributed by atoms with Gasteiger partial charge in [0.2, 0.25) is 0 Å². The van der Waals surface area contributed by atoms with Crippen LogP contribution in [0.4, 0.5) is 4.79 Å². The highest BCUT2D eigenvalue weighted by Crippen LogP contribution is 2.26. The van der Waals surface area contributed by atoms with Gasteiger partial charge < -0.3 is 20.1 Å². The highest BCUT2D eigenvalue weighted by molar-refractivity contribution is 9.10. The summed E-state index contributed by atoms with van der Waals surface area (Å²) in [5.41, 5.74) is 0.0872. The van der Waals surface area contributed by atoms with Gasteiger partial charge in [0.1, 0.15) is 11.4 Å². The lowest BCUT2D eigenvalue weighted by atomic mass is 10.2. The Labute approximate surface area is 183 Å². The third-order valence-corrected chi connectivity index (χ3v) is 4.63. The number of halogens is 1. The lowest BCUT2D eigenvalue weighted by molar-refractivity contribution is 0.0526. The molecule has 1 aromatic rings. The fourth-order valence-electron chi connectivity index (χ4n) is 2.53. The second-order valence-corrected chi connectivity index (χ2v) is 8.80. The number of carbonyl (C=O) groups excluding carboxylic acids is 2. The van der Waals surface area contributed by atoms with Crippen LogP contribution < -0.4 is 15.4 Å². The van der Waals surface area contributed by atoms with Gasteiger partial charge in [-0.2, -0.15) is 0 Å². The number of carbonyl (C=O) groups is 2. The van der Waals surface area contributed by atoms with E-state index in [9.17, 15) is 9.59 Å². The molecule has 1 aromatic carbocycles. The molecule has 0 aromatic heterocycles. The summed E-state index contributed by atoms with van der Waals surface area (Å²) in [7, 11) is 0. The Morgan fingerprint density at radius 2 is 1.69 bits per heavy atom. The van der Waals surface area contributed by atoms with Crippen LogP contribution in [0, 0.1) is 0 Å². The molecular formula is C22H35BrN2O4. The number of amides is 2. The number of unbranched alkanes of at least 4 members (excludes halogenated alkanes) is 4. The van der Waals surface area contributed by atoms with E-state index in [4.69, 9.17) is 9.47 Å². The first-order valence-corrected chi connectivity index (χ1v) is 11.2. The Kier molecular flexibility index (Phi) is 11.7. The Morgan fingerprint density at radius 3 is 2.31 bits per heavy atom. The fourth-order valence-corrected chi connectivity index (χ4v) is 3.02. The Balaban J connectivity index is 2.25. The second kappa shape index (κ2) is 13.5. The average molecular weight is 471 g/mol. The average Bonchev–Trinajstić information content (AvgIpc) is 2.63. The third-order valence-electron chi connectivity index (χ3n) is 4.01. The molecule has 0 fully saturated rings. The molecule has 0 aliphatic carbocycles. The largest absolute Gasteiger partial charge is 0.492 e. The SMILES string of the molecule is CCCCCCOc1ccc(C(=O)NCCCCNC(=O)OC(C)(C)C)cc1Br. The lowest BCUT2D eigenvalue weighted by Crippen LogP contribution is -2.33. The fraction of sp³-hybridized carbons (Fsp3) is 0.636. The maximum Gasteiger partial charge on any atom is 0.407 e. The number of rotatable bonds is 12. The molecule has 0 saturated carbocycles. The zero-order valence-corrected chi connectivity index (χ0v) is 19.7. The summed E-state index contributed by atoms with van der Waals surface area (Å²) in [6, 6.07) is 5.37. The second-order valence-electron chi connectivity index (χ2n) is 7.95. The summed E-state index contributed by atoms with van der Waals surface area (Å²) in [6.45, 7) is 9.40. The molecule has 0 radical (unpaired) electrons. The van der Waals surface area contributed by atoms with Crippen molar-refractivity contribution in [2.24, 2.45) is 0 Å². The predicted octanol–water partition coefficient (Wildman–Crippen LogP) is 5.44. The molecule has 0 bridgehead atoms. The lowest BCUT2D eigenvalue weighted by Gasteiger charge is -2.19. The predicted molar refractivity (Wildman–Crippen MR) is 120 cm³/mol. The Morgan fingerprint density at radius 1 is 1.00 bits per heavy atom. The highest BCUT2D eigenvalue weighted by Gasteiger charge is 2.15. The van der Waals surface area contributed by atoms with Crippen LogP contribution in [0.1, 0.15) is 76.6 Å². The topological polar surface area (TPSA) is 76.7 Å². The summed E-state index contributed by atoms with van der Waals surface area (Å²) in [6.07, 6.45) is 5.73. The van der Waals surface area contributed by atoms with Crippen molar-refractivity contribution in [2.75, 3.05) is 19.7 Å². The zero-order chi connectivity index (χ0) is 21.7. The number of alkyl carbamates (subject to hydrolysis) is 1. The molecule has 0 aliphatic rings. The van der Waals surface area contributed by atoms with E-state index in [-0.39, 0.29) is 5.91 Å². The van der Waals surface area contributed by atoms with Crippen molar-refractivity contribution >= 4 is 27.9 Å². The minimum Gasteiger partial charge on any atom is -0.492 e. The van der Waals surface area contributed by atoms with Crippen molar-refractivity contribution in [3.8, 4) is 5.75 Å². The van der Waals surface area contributed by atoms with Crippen LogP contribution in [0.2, 0.25) is 0 Å². The van der Waals surface area contributed by atoms with Gasteiger partial charge >= 0.3 is 6.09 Å². The van der Waals surface area contributed by atoms with Gasteiger partial charge in [0.25, 0.3) is 5.91 Å². The van der Waals surface area contributed by atoms with Gasteiger partial charge in [-0.15, -0.1) is 0 Å². The van der Waals surface area contributed by atoms with E-state index in [2.05, 4.69) is 33.5 Å². The number of nitrogens with one attached hydrogen (secondary N) is 2. The maximum absolute atomic E-state index is 12.3. The van der Waals surface area contributed by atoms with Crippen molar-refractivity contribution in [1.29, 1.82) is 0 Å². The summed E-state index contributed by atoms with van der Waals surface area (Å²) in [5, 5.41) is 5.60. The van der Waals surface area contributed by atoms with Gasteiger partial charge in [-0.1, -0.05) is 26.2 Å². The number of ether oxygens (including phenoxy) is 2. The number of hydrogen-bond donors (Lipinski definition) is 2. The van der Waals surface area contributed by atoms with Gasteiger partial charge in [0.05, 0.1) is 11.1 Å². The van der Waals surface area contributed by atoms with Crippen LogP contribution in [-0.2, 0) is 4.74 Å². The van der Waals surface area contributed by atoms with Crippen LogP contribution in [-0.4, -0.2) is 37.3 Å². The molecule has 6 nitrogen and oxygen atoms in total. The van der Waals surface area contributed by atoms with Gasteiger partial charge in [0.15, 0.2) is 0 Å². The molecule has 7 heteroatoms. The van der Waals surface area contributed by atoms with E-state index in [1.807, 2.05) is 26.8 Å². The summed E-state index contributed by atoms with van der Waals surface area (Å²) >= 11 is 3.48. The van der Waals surface area contributed by atoms with Crippen LogP contribution >= 0.6 is 15.9 Å². The first-order chi connectivity index (χ1) is 13.7. The smallest absolute Gasteiger partial charge is 0.407 e. The molecule has 0 atom stereocenters. The first-order valence-electron chi connectivity index (χ1n) is 10.4. The summed E-state index contributed by atoms with van der Waals surface area (Å²) < 4.78 is 11.7. The number of benzene rings is 1. The van der Waals surface area contributed by atoms with Crippen molar-refractivity contribution in [1.82, 2.24) is 10.6 Å². The standard InChI is InChI=1S/C22H35BrN2O4/c1-5-6-7-10-15-28-19-12-11-17(16-18(19)23)20(26)24-13-8-9-14-25-21(27)29-22(2,3)4/h11-12,16H,5-10,13-15H2,1-4H3,(H,24,26)(H,25,27). The molecule has 164 valence electrons. The summed E-state index contributed by atoms with van der Waals surface area (Å²) in [5.74, 6) is 0.631. The van der Waals surface area contributed by atoms with Crippen molar-refractivity contribution in [2.45, 2.75) is 71.8 Å². The molecule has 2 N–H and O–H groups in total. The van der Waals surface area contributed by atoms with Crippen molar-refractivity contribution < 1.29 is 19.1 Å². The van der Waals surface area contributed by atoms with E-state index in [1.54, 1.807) is 12.1 Å². The van der Waals surface area contributed by atoms with Crippen LogP contribution in [0.15, 0.2) is 22.7 Å². The quantitative estimate of drug-likeness (QED) is 0.398. The van der Waals surface area contributed by atoms with E-state index >= 15 is 0 Å². The molecule has 0 heterocycles. The minimum absolute atomic E-state index is 0.125. The molecule has 0 saturated heterocycles. The van der Waals surface area contributed by atoms with E-state index in [1.165, 1.54) is 19.3 Å². The monoisotopic (exact) mass is 470 g/mol.